The molecule has 134 valence electrons. The van der Waals surface area contributed by atoms with Crippen LogP contribution in [0.5, 0.6) is 0 Å². The molecule has 1 atom stereocenters. The van der Waals surface area contributed by atoms with Gasteiger partial charge in [-0.1, -0.05) is 0 Å². The number of likely N-dealkylation sites (N-methyl/N-ethyl adjacent to an activating group) is 3. The van der Waals surface area contributed by atoms with Crippen LogP contribution in [-0.2, 0) is 9.53 Å². The molecule has 0 bridgehead atoms. The third-order valence-corrected chi connectivity index (χ3v) is 3.97. The highest BCUT2D eigenvalue weighted by atomic mass is 16.5. The molecule has 1 aliphatic rings. The Balaban J connectivity index is 2.60. The molecule has 7 nitrogen and oxygen atoms in total. The smallest absolute Gasteiger partial charge is 0.242 e. The lowest BCUT2D eigenvalue weighted by molar-refractivity contribution is -0.131. The Morgan fingerprint density at radius 3 is 2.61 bits per heavy atom. The van der Waals surface area contributed by atoms with Crippen molar-refractivity contribution >= 4 is 11.9 Å². The number of carbonyl (C=O) groups excluding carboxylic acids is 1. The SMILES string of the molecule is CCNC(=NCC1CN(C)CCO1)N(C)CC(=O)N(CC)CC. The Labute approximate surface area is 140 Å². The normalized spacial score (nSPS) is 19.5. The molecule has 0 spiro atoms. The molecule has 1 heterocycles. The summed E-state index contributed by atoms with van der Waals surface area (Å²) in [4.78, 5) is 22.9. The average molecular weight is 327 g/mol. The molecular formula is C16H33N5O2. The monoisotopic (exact) mass is 327 g/mol. The maximum absolute atomic E-state index is 12.2. The van der Waals surface area contributed by atoms with Crippen molar-refractivity contribution in [3.8, 4) is 0 Å². The predicted octanol–water partition coefficient (Wildman–Crippen LogP) is 0.0827. The predicted molar refractivity (Wildman–Crippen MR) is 93.8 cm³/mol. The van der Waals surface area contributed by atoms with Crippen LogP contribution in [0.2, 0.25) is 0 Å². The van der Waals surface area contributed by atoms with Crippen molar-refractivity contribution in [2.75, 3.05) is 66.5 Å². The summed E-state index contributed by atoms with van der Waals surface area (Å²) in [6.45, 7) is 11.8. The Morgan fingerprint density at radius 1 is 1.35 bits per heavy atom. The van der Waals surface area contributed by atoms with Gasteiger partial charge in [0.15, 0.2) is 5.96 Å². The number of carbonyl (C=O) groups is 1. The Bertz CT molecular complexity index is 385. The zero-order chi connectivity index (χ0) is 17.2. The highest BCUT2D eigenvalue weighted by molar-refractivity contribution is 5.86. The van der Waals surface area contributed by atoms with E-state index in [1.807, 2.05) is 37.6 Å². The Kier molecular flexibility index (Phi) is 8.94. The van der Waals surface area contributed by atoms with E-state index in [1.54, 1.807) is 0 Å². The lowest BCUT2D eigenvalue weighted by Gasteiger charge is -2.30. The summed E-state index contributed by atoms with van der Waals surface area (Å²) < 4.78 is 5.74. The van der Waals surface area contributed by atoms with E-state index in [0.29, 0.717) is 13.1 Å². The van der Waals surface area contributed by atoms with Crippen LogP contribution in [0.1, 0.15) is 20.8 Å². The summed E-state index contributed by atoms with van der Waals surface area (Å²) in [5.41, 5.74) is 0. The number of ether oxygens (including phenoxy) is 1. The first-order valence-electron chi connectivity index (χ1n) is 8.59. The van der Waals surface area contributed by atoms with E-state index in [4.69, 9.17) is 4.74 Å². The zero-order valence-electron chi connectivity index (χ0n) is 15.3. The van der Waals surface area contributed by atoms with Crippen LogP contribution in [0, 0.1) is 0 Å². The van der Waals surface area contributed by atoms with Gasteiger partial charge in [0.1, 0.15) is 0 Å². The van der Waals surface area contributed by atoms with Gasteiger partial charge in [0, 0.05) is 39.8 Å². The van der Waals surface area contributed by atoms with Crippen molar-refractivity contribution in [3.63, 3.8) is 0 Å². The maximum atomic E-state index is 12.2. The molecule has 0 saturated carbocycles. The summed E-state index contributed by atoms with van der Waals surface area (Å²) >= 11 is 0. The van der Waals surface area contributed by atoms with Crippen LogP contribution in [0.3, 0.4) is 0 Å². The standard InChI is InChI=1S/C16H33N5O2/c1-6-17-16(18-11-14-12-19(4)9-10-23-14)20(5)13-15(22)21(7-2)8-3/h14H,6-13H2,1-5H3,(H,17,18). The quantitative estimate of drug-likeness (QED) is 0.530. The molecule has 7 heteroatoms. The van der Waals surface area contributed by atoms with Crippen LogP contribution >= 0.6 is 0 Å². The van der Waals surface area contributed by atoms with E-state index in [-0.39, 0.29) is 12.0 Å². The molecule has 1 saturated heterocycles. The molecule has 0 aliphatic carbocycles. The van der Waals surface area contributed by atoms with Crippen molar-refractivity contribution in [1.82, 2.24) is 20.0 Å². The molecule has 0 aromatic rings. The van der Waals surface area contributed by atoms with E-state index in [9.17, 15) is 4.79 Å². The van der Waals surface area contributed by atoms with Crippen LogP contribution in [0.15, 0.2) is 4.99 Å². The van der Waals surface area contributed by atoms with Crippen molar-refractivity contribution < 1.29 is 9.53 Å². The summed E-state index contributed by atoms with van der Waals surface area (Å²) in [5, 5.41) is 3.25. The molecule has 23 heavy (non-hydrogen) atoms. The van der Waals surface area contributed by atoms with Crippen LogP contribution in [0.4, 0.5) is 0 Å². The first-order chi connectivity index (χ1) is 11.0. The summed E-state index contributed by atoms with van der Waals surface area (Å²) in [5.74, 6) is 0.876. The molecular weight excluding hydrogens is 294 g/mol. The minimum Gasteiger partial charge on any atom is -0.374 e. The molecule has 1 aliphatic heterocycles. The third kappa shape index (κ3) is 6.74. The van der Waals surface area contributed by atoms with Crippen molar-refractivity contribution in [2.24, 2.45) is 4.99 Å². The van der Waals surface area contributed by atoms with Crippen molar-refractivity contribution in [2.45, 2.75) is 26.9 Å². The number of amides is 1. The molecule has 1 amide bonds. The Hall–Kier alpha value is -1.34. The van der Waals surface area contributed by atoms with E-state index in [0.717, 1.165) is 45.3 Å². The minimum absolute atomic E-state index is 0.120. The van der Waals surface area contributed by atoms with Gasteiger partial charge in [-0.25, -0.2) is 0 Å². The number of hydrogen-bond acceptors (Lipinski definition) is 4. The molecule has 1 fully saturated rings. The second-order valence-electron chi connectivity index (χ2n) is 5.87. The number of hydrogen-bond donors (Lipinski definition) is 1. The van der Waals surface area contributed by atoms with Gasteiger partial charge in [-0.3, -0.25) is 9.79 Å². The number of aliphatic imine (C=N–C) groups is 1. The van der Waals surface area contributed by atoms with Gasteiger partial charge in [0.2, 0.25) is 5.91 Å². The van der Waals surface area contributed by atoms with Gasteiger partial charge in [-0.15, -0.1) is 0 Å². The lowest BCUT2D eigenvalue weighted by atomic mass is 10.3. The molecule has 0 radical (unpaired) electrons. The van der Waals surface area contributed by atoms with Crippen LogP contribution in [-0.4, -0.2) is 99.2 Å². The third-order valence-electron chi connectivity index (χ3n) is 3.97. The van der Waals surface area contributed by atoms with E-state index < -0.39 is 0 Å². The lowest BCUT2D eigenvalue weighted by Crippen LogP contribution is -2.46. The van der Waals surface area contributed by atoms with Crippen LogP contribution < -0.4 is 5.32 Å². The second kappa shape index (κ2) is 10.4. The number of guanidine groups is 1. The number of nitrogens with one attached hydrogen (secondary N) is 1. The highest BCUT2D eigenvalue weighted by Gasteiger charge is 2.19. The van der Waals surface area contributed by atoms with E-state index in [1.165, 1.54) is 0 Å². The molecule has 0 aromatic carbocycles. The number of rotatable bonds is 7. The van der Waals surface area contributed by atoms with Gasteiger partial charge in [0.05, 0.1) is 25.8 Å². The van der Waals surface area contributed by atoms with Gasteiger partial charge >= 0.3 is 0 Å². The molecule has 1 unspecified atom stereocenters. The fourth-order valence-electron chi connectivity index (χ4n) is 2.59. The molecule has 1 N–H and O–H groups in total. The summed E-state index contributed by atoms with van der Waals surface area (Å²) in [7, 11) is 4.00. The number of nitrogens with zero attached hydrogens (tertiary/aromatic N) is 4. The van der Waals surface area contributed by atoms with Crippen molar-refractivity contribution in [3.05, 3.63) is 0 Å². The Morgan fingerprint density at radius 2 is 2.04 bits per heavy atom. The largest absolute Gasteiger partial charge is 0.374 e. The minimum atomic E-state index is 0.120. The number of morpholine rings is 1. The van der Waals surface area contributed by atoms with Gasteiger partial charge < -0.3 is 24.8 Å². The fraction of sp³-hybridized carbons (Fsp3) is 0.875. The maximum Gasteiger partial charge on any atom is 0.242 e. The van der Waals surface area contributed by atoms with Crippen molar-refractivity contribution in [1.29, 1.82) is 0 Å². The van der Waals surface area contributed by atoms with E-state index in [2.05, 4.69) is 22.3 Å². The highest BCUT2D eigenvalue weighted by Crippen LogP contribution is 2.03. The molecule has 1 rings (SSSR count). The molecule has 0 aromatic heterocycles. The zero-order valence-corrected chi connectivity index (χ0v) is 15.3. The summed E-state index contributed by atoms with van der Waals surface area (Å²) in [6, 6.07) is 0. The van der Waals surface area contributed by atoms with Gasteiger partial charge in [0.25, 0.3) is 0 Å². The van der Waals surface area contributed by atoms with Gasteiger partial charge in [-0.05, 0) is 27.8 Å². The topological polar surface area (TPSA) is 60.4 Å². The summed E-state index contributed by atoms with van der Waals surface area (Å²) in [6.07, 6.45) is 0.120. The fourth-order valence-corrected chi connectivity index (χ4v) is 2.59. The van der Waals surface area contributed by atoms with Gasteiger partial charge in [-0.2, -0.15) is 0 Å². The average Bonchev–Trinajstić information content (AvgIpc) is 2.52. The van der Waals surface area contributed by atoms with E-state index >= 15 is 0 Å². The second-order valence-corrected chi connectivity index (χ2v) is 5.87. The first kappa shape index (κ1) is 19.7. The van der Waals surface area contributed by atoms with Crippen LogP contribution in [0.25, 0.3) is 0 Å². The first-order valence-corrected chi connectivity index (χ1v) is 8.59.